The van der Waals surface area contributed by atoms with E-state index in [9.17, 15) is 13.6 Å². The highest BCUT2D eigenvalue weighted by molar-refractivity contribution is 6.30. The molecule has 0 unspecified atom stereocenters. The van der Waals surface area contributed by atoms with Crippen LogP contribution in [0.1, 0.15) is 30.0 Å². The molecule has 1 heterocycles. The molecule has 1 atom stereocenters. The highest BCUT2D eigenvalue weighted by atomic mass is 35.5. The lowest BCUT2D eigenvalue weighted by atomic mass is 9.93. The largest absolute Gasteiger partial charge is 0.489 e. The van der Waals surface area contributed by atoms with Crippen LogP contribution in [0.5, 0.6) is 5.75 Å². The molecule has 0 aromatic heterocycles. The molecule has 0 bridgehead atoms. The van der Waals surface area contributed by atoms with Gasteiger partial charge in [-0.1, -0.05) is 54.1 Å². The van der Waals surface area contributed by atoms with Crippen LogP contribution in [0.2, 0.25) is 5.02 Å². The summed E-state index contributed by atoms with van der Waals surface area (Å²) in [4.78, 5) is 15.3. The molecule has 1 amide bonds. The van der Waals surface area contributed by atoms with Crippen molar-refractivity contribution in [3.8, 4) is 5.75 Å². The SMILES string of the molecule is O=C(N[C@H](c1ccc(Cl)cc1)c1ccccc1F)C1CCN(CCOc2ccccc2F)CC1. The number of halogens is 3. The van der Waals surface area contributed by atoms with E-state index in [1.165, 1.54) is 12.1 Å². The van der Waals surface area contributed by atoms with Gasteiger partial charge in [-0.2, -0.15) is 0 Å². The van der Waals surface area contributed by atoms with Crippen molar-refractivity contribution in [2.75, 3.05) is 26.2 Å². The van der Waals surface area contributed by atoms with Crippen LogP contribution >= 0.6 is 11.6 Å². The summed E-state index contributed by atoms with van der Waals surface area (Å²) >= 11 is 6.02. The summed E-state index contributed by atoms with van der Waals surface area (Å²) < 4.78 is 33.8. The molecule has 1 aliphatic rings. The van der Waals surface area contributed by atoms with E-state index in [0.717, 1.165) is 18.7 Å². The van der Waals surface area contributed by atoms with E-state index in [4.69, 9.17) is 16.3 Å². The van der Waals surface area contributed by atoms with Gasteiger partial charge in [0.15, 0.2) is 11.6 Å². The van der Waals surface area contributed by atoms with Gasteiger partial charge in [0.25, 0.3) is 0 Å². The molecular formula is C27H27ClF2N2O2. The standard InChI is InChI=1S/C27H27ClF2N2O2/c28-21-11-9-19(10-12-21)26(22-5-1-2-6-23(22)29)31-27(33)20-13-15-32(16-14-20)17-18-34-25-8-4-3-7-24(25)30/h1-12,20,26H,13-18H2,(H,31,33)/t26-/m1/s1. The maximum absolute atomic E-state index is 14.6. The van der Waals surface area contributed by atoms with Crippen LogP contribution in [0.25, 0.3) is 0 Å². The molecule has 178 valence electrons. The van der Waals surface area contributed by atoms with Crippen molar-refractivity contribution in [3.63, 3.8) is 0 Å². The monoisotopic (exact) mass is 484 g/mol. The van der Waals surface area contributed by atoms with E-state index in [0.29, 0.717) is 36.6 Å². The maximum atomic E-state index is 14.6. The van der Waals surface area contributed by atoms with Gasteiger partial charge in [-0.15, -0.1) is 0 Å². The van der Waals surface area contributed by atoms with E-state index in [1.807, 2.05) is 0 Å². The molecule has 0 radical (unpaired) electrons. The van der Waals surface area contributed by atoms with Crippen molar-refractivity contribution >= 4 is 17.5 Å². The predicted octanol–water partition coefficient (Wildman–Crippen LogP) is 5.61. The van der Waals surface area contributed by atoms with Crippen molar-refractivity contribution in [3.05, 3.63) is 101 Å². The lowest BCUT2D eigenvalue weighted by Crippen LogP contribution is -2.43. The minimum atomic E-state index is -0.599. The van der Waals surface area contributed by atoms with Gasteiger partial charge in [-0.3, -0.25) is 9.69 Å². The third-order valence-electron chi connectivity index (χ3n) is 6.17. The third-order valence-corrected chi connectivity index (χ3v) is 6.42. The quantitative estimate of drug-likeness (QED) is 0.451. The molecule has 7 heteroatoms. The number of likely N-dealkylation sites (tertiary alicyclic amines) is 1. The van der Waals surface area contributed by atoms with Crippen molar-refractivity contribution < 1.29 is 18.3 Å². The van der Waals surface area contributed by atoms with Crippen LogP contribution in [0, 0.1) is 17.6 Å². The second kappa shape index (κ2) is 11.4. The fourth-order valence-corrected chi connectivity index (χ4v) is 4.36. The van der Waals surface area contributed by atoms with Crippen molar-refractivity contribution in [1.29, 1.82) is 0 Å². The highest BCUT2D eigenvalue weighted by Gasteiger charge is 2.28. The van der Waals surface area contributed by atoms with Gasteiger partial charge in [0, 0.05) is 23.0 Å². The fourth-order valence-electron chi connectivity index (χ4n) is 4.23. The van der Waals surface area contributed by atoms with Gasteiger partial charge in [0.05, 0.1) is 6.04 Å². The highest BCUT2D eigenvalue weighted by Crippen LogP contribution is 2.27. The molecule has 0 spiro atoms. The molecule has 3 aromatic rings. The number of nitrogens with zero attached hydrogens (tertiary/aromatic N) is 1. The first-order valence-corrected chi connectivity index (χ1v) is 11.8. The van der Waals surface area contributed by atoms with Crippen molar-refractivity contribution in [2.24, 2.45) is 5.92 Å². The average molecular weight is 485 g/mol. The number of carbonyl (C=O) groups excluding carboxylic acids is 1. The minimum absolute atomic E-state index is 0.0922. The Labute approximate surface area is 203 Å². The van der Waals surface area contributed by atoms with Gasteiger partial charge in [0.1, 0.15) is 12.4 Å². The van der Waals surface area contributed by atoms with Crippen LogP contribution < -0.4 is 10.1 Å². The smallest absolute Gasteiger partial charge is 0.223 e. The Kier molecular flexibility index (Phi) is 8.14. The lowest BCUT2D eigenvalue weighted by Gasteiger charge is -2.32. The first kappa shape index (κ1) is 24.2. The molecule has 34 heavy (non-hydrogen) atoms. The van der Waals surface area contributed by atoms with E-state index in [-0.39, 0.29) is 29.2 Å². The number of benzene rings is 3. The van der Waals surface area contributed by atoms with Crippen LogP contribution in [0.4, 0.5) is 8.78 Å². The number of piperidine rings is 1. The summed E-state index contributed by atoms with van der Waals surface area (Å²) in [6.07, 6.45) is 1.38. The summed E-state index contributed by atoms with van der Waals surface area (Å²) in [6, 6.07) is 19.3. The Bertz CT molecular complexity index is 1100. The molecule has 4 rings (SSSR count). The van der Waals surface area contributed by atoms with Crippen LogP contribution in [-0.2, 0) is 4.79 Å². The Morgan fingerprint density at radius 3 is 2.29 bits per heavy atom. The fraction of sp³-hybridized carbons (Fsp3) is 0.296. The molecule has 1 N–H and O–H groups in total. The number of amides is 1. The topological polar surface area (TPSA) is 41.6 Å². The second-order valence-corrected chi connectivity index (χ2v) is 8.85. The Hall–Kier alpha value is -2.96. The van der Waals surface area contributed by atoms with Crippen LogP contribution in [0.15, 0.2) is 72.8 Å². The molecule has 0 aliphatic carbocycles. The van der Waals surface area contributed by atoms with Crippen molar-refractivity contribution in [2.45, 2.75) is 18.9 Å². The zero-order valence-electron chi connectivity index (χ0n) is 18.7. The summed E-state index contributed by atoms with van der Waals surface area (Å²) in [5.74, 6) is -0.746. The number of para-hydroxylation sites is 1. The lowest BCUT2D eigenvalue weighted by molar-refractivity contribution is -0.127. The van der Waals surface area contributed by atoms with Gasteiger partial charge in [-0.25, -0.2) is 8.78 Å². The summed E-state index contributed by atoms with van der Waals surface area (Å²) in [5.41, 5.74) is 1.19. The zero-order chi connectivity index (χ0) is 23.9. The normalized spacial score (nSPS) is 15.6. The van der Waals surface area contributed by atoms with E-state index >= 15 is 0 Å². The number of ether oxygens (including phenoxy) is 1. The minimum Gasteiger partial charge on any atom is -0.489 e. The Balaban J connectivity index is 1.33. The Morgan fingerprint density at radius 2 is 1.62 bits per heavy atom. The van der Waals surface area contributed by atoms with Gasteiger partial charge in [0.2, 0.25) is 5.91 Å². The van der Waals surface area contributed by atoms with Gasteiger partial charge in [-0.05, 0) is 61.8 Å². The molecular weight excluding hydrogens is 458 g/mol. The number of carbonyl (C=O) groups is 1. The average Bonchev–Trinajstić information content (AvgIpc) is 2.85. The van der Waals surface area contributed by atoms with Gasteiger partial charge >= 0.3 is 0 Å². The molecule has 1 saturated heterocycles. The van der Waals surface area contributed by atoms with E-state index < -0.39 is 6.04 Å². The molecule has 4 nitrogen and oxygen atoms in total. The predicted molar refractivity (Wildman–Crippen MR) is 129 cm³/mol. The van der Waals surface area contributed by atoms with Crippen LogP contribution in [-0.4, -0.2) is 37.0 Å². The molecule has 0 saturated carbocycles. The summed E-state index contributed by atoms with van der Waals surface area (Å²) in [6.45, 7) is 2.52. The molecule has 1 aliphatic heterocycles. The Morgan fingerprint density at radius 1 is 0.971 bits per heavy atom. The summed E-state index contributed by atoms with van der Waals surface area (Å²) in [7, 11) is 0. The maximum Gasteiger partial charge on any atom is 0.223 e. The van der Waals surface area contributed by atoms with Crippen molar-refractivity contribution in [1.82, 2.24) is 10.2 Å². The number of hydrogen-bond donors (Lipinski definition) is 1. The van der Waals surface area contributed by atoms with E-state index in [2.05, 4.69) is 10.2 Å². The first-order valence-electron chi connectivity index (χ1n) is 11.4. The number of hydrogen-bond acceptors (Lipinski definition) is 3. The van der Waals surface area contributed by atoms with Gasteiger partial charge < -0.3 is 10.1 Å². The van der Waals surface area contributed by atoms with E-state index in [1.54, 1.807) is 60.7 Å². The third kappa shape index (κ3) is 6.13. The second-order valence-electron chi connectivity index (χ2n) is 8.41. The first-order chi connectivity index (χ1) is 16.5. The summed E-state index contributed by atoms with van der Waals surface area (Å²) in [5, 5.41) is 3.64. The molecule has 1 fully saturated rings. The number of rotatable bonds is 8. The van der Waals surface area contributed by atoms with Crippen LogP contribution in [0.3, 0.4) is 0 Å². The molecule has 3 aromatic carbocycles. The zero-order valence-corrected chi connectivity index (χ0v) is 19.5. The number of nitrogens with one attached hydrogen (secondary N) is 1.